The summed E-state index contributed by atoms with van der Waals surface area (Å²) in [5.74, 6) is 0.458. The number of carbonyl (C=O) groups is 1. The summed E-state index contributed by atoms with van der Waals surface area (Å²) in [5, 5.41) is 1.94. The summed E-state index contributed by atoms with van der Waals surface area (Å²) in [6, 6.07) is 11.2. The number of fused-ring (bicyclic) bond motifs is 1. The first kappa shape index (κ1) is 15.6. The molecule has 0 N–H and O–H groups in total. The van der Waals surface area contributed by atoms with Crippen LogP contribution in [0.4, 0.5) is 0 Å². The summed E-state index contributed by atoms with van der Waals surface area (Å²) < 4.78 is 16.4. The van der Waals surface area contributed by atoms with E-state index in [9.17, 15) is 4.79 Å². The van der Waals surface area contributed by atoms with Gasteiger partial charge in [-0.25, -0.2) is 9.97 Å². The van der Waals surface area contributed by atoms with Gasteiger partial charge >= 0.3 is 5.97 Å². The van der Waals surface area contributed by atoms with E-state index in [1.54, 1.807) is 6.92 Å². The molecule has 0 bridgehead atoms. The van der Waals surface area contributed by atoms with Crippen molar-refractivity contribution in [3.63, 3.8) is 0 Å². The highest BCUT2D eigenvalue weighted by Crippen LogP contribution is 2.25. The van der Waals surface area contributed by atoms with Crippen LogP contribution in [0, 0.1) is 0 Å². The van der Waals surface area contributed by atoms with Gasteiger partial charge in [0.1, 0.15) is 11.8 Å². The molecule has 3 aromatic heterocycles. The maximum atomic E-state index is 12.1. The van der Waals surface area contributed by atoms with Crippen molar-refractivity contribution in [2.75, 3.05) is 0 Å². The van der Waals surface area contributed by atoms with Gasteiger partial charge in [0.25, 0.3) is 0 Å². The molecular formula is C18H14N2O4S. The zero-order chi connectivity index (χ0) is 17.2. The van der Waals surface area contributed by atoms with Crippen molar-refractivity contribution in [1.82, 2.24) is 9.97 Å². The number of hydrogen-bond donors (Lipinski definition) is 0. The molecule has 4 rings (SSSR count). The Morgan fingerprint density at radius 3 is 2.92 bits per heavy atom. The Bertz CT molecular complexity index is 970. The molecule has 0 aliphatic heterocycles. The summed E-state index contributed by atoms with van der Waals surface area (Å²) in [7, 11) is 0. The third-order valence-corrected chi connectivity index (χ3v) is 4.43. The lowest BCUT2D eigenvalue weighted by Crippen LogP contribution is -2.11. The number of thiophene rings is 1. The molecule has 0 fully saturated rings. The molecule has 126 valence electrons. The Hall–Kier alpha value is -2.93. The van der Waals surface area contributed by atoms with Gasteiger partial charge in [0.2, 0.25) is 11.8 Å². The first-order valence-electron chi connectivity index (χ1n) is 7.72. The SMILES string of the molecule is C[C@H](OC(=O)Cc1coc(-c2cccs2)n1)c1nc2ccccc2o1. The quantitative estimate of drug-likeness (QED) is 0.495. The van der Waals surface area contributed by atoms with E-state index >= 15 is 0 Å². The summed E-state index contributed by atoms with van der Waals surface area (Å²) in [4.78, 5) is 21.7. The molecule has 25 heavy (non-hydrogen) atoms. The van der Waals surface area contributed by atoms with Crippen LogP contribution >= 0.6 is 11.3 Å². The number of ether oxygens (including phenoxy) is 1. The predicted molar refractivity (Wildman–Crippen MR) is 92.0 cm³/mol. The van der Waals surface area contributed by atoms with Crippen LogP contribution in [-0.4, -0.2) is 15.9 Å². The van der Waals surface area contributed by atoms with E-state index < -0.39 is 12.1 Å². The first-order valence-corrected chi connectivity index (χ1v) is 8.60. The molecule has 0 radical (unpaired) electrons. The lowest BCUT2D eigenvalue weighted by Gasteiger charge is -2.08. The fourth-order valence-corrected chi connectivity index (χ4v) is 3.06. The molecule has 6 nitrogen and oxygen atoms in total. The van der Waals surface area contributed by atoms with Crippen LogP contribution < -0.4 is 0 Å². The summed E-state index contributed by atoms with van der Waals surface area (Å²) in [6.45, 7) is 1.72. The lowest BCUT2D eigenvalue weighted by atomic mass is 10.3. The summed E-state index contributed by atoms with van der Waals surface area (Å²) >= 11 is 1.53. The average Bonchev–Trinajstić information content (AvgIpc) is 3.34. The minimum absolute atomic E-state index is 0.0272. The van der Waals surface area contributed by atoms with Gasteiger partial charge in [-0.3, -0.25) is 4.79 Å². The van der Waals surface area contributed by atoms with Gasteiger partial charge in [0, 0.05) is 0 Å². The van der Waals surface area contributed by atoms with Crippen molar-refractivity contribution in [1.29, 1.82) is 0 Å². The molecule has 0 saturated heterocycles. The number of para-hydroxylation sites is 2. The van der Waals surface area contributed by atoms with E-state index in [1.807, 2.05) is 41.8 Å². The van der Waals surface area contributed by atoms with Crippen molar-refractivity contribution in [3.8, 4) is 10.8 Å². The average molecular weight is 354 g/mol. The van der Waals surface area contributed by atoms with Gasteiger partial charge in [-0.15, -0.1) is 11.3 Å². The Labute approximate surface area is 147 Å². The van der Waals surface area contributed by atoms with E-state index in [2.05, 4.69) is 9.97 Å². The second-order valence-electron chi connectivity index (χ2n) is 5.45. The van der Waals surface area contributed by atoms with Crippen molar-refractivity contribution >= 4 is 28.4 Å². The van der Waals surface area contributed by atoms with E-state index in [0.717, 1.165) is 10.4 Å². The Morgan fingerprint density at radius 2 is 2.12 bits per heavy atom. The molecule has 0 spiro atoms. The number of esters is 1. The fourth-order valence-electron chi connectivity index (χ4n) is 2.40. The minimum atomic E-state index is -0.580. The van der Waals surface area contributed by atoms with Gasteiger partial charge in [-0.2, -0.15) is 0 Å². The second-order valence-corrected chi connectivity index (χ2v) is 6.40. The number of carbonyl (C=O) groups excluding carboxylic acids is 1. The van der Waals surface area contributed by atoms with Gasteiger partial charge in [-0.1, -0.05) is 18.2 Å². The van der Waals surface area contributed by atoms with Gasteiger partial charge in [0.05, 0.1) is 17.0 Å². The monoisotopic (exact) mass is 354 g/mol. The van der Waals surface area contributed by atoms with Crippen molar-refractivity contribution in [2.24, 2.45) is 0 Å². The molecule has 0 aliphatic rings. The number of nitrogens with zero attached hydrogens (tertiary/aromatic N) is 2. The van der Waals surface area contributed by atoms with Gasteiger partial charge in [-0.05, 0) is 30.5 Å². The third-order valence-electron chi connectivity index (χ3n) is 3.58. The lowest BCUT2D eigenvalue weighted by molar-refractivity contribution is -0.148. The molecule has 1 atom stereocenters. The largest absolute Gasteiger partial charge is 0.452 e. The van der Waals surface area contributed by atoms with Crippen LogP contribution in [0.3, 0.4) is 0 Å². The second kappa shape index (κ2) is 6.52. The van der Waals surface area contributed by atoms with Crippen LogP contribution in [0.1, 0.15) is 24.6 Å². The maximum absolute atomic E-state index is 12.1. The van der Waals surface area contributed by atoms with E-state index in [1.165, 1.54) is 17.6 Å². The highest BCUT2D eigenvalue weighted by Gasteiger charge is 2.19. The smallest absolute Gasteiger partial charge is 0.312 e. The molecule has 0 aliphatic carbocycles. The number of oxazole rings is 2. The van der Waals surface area contributed by atoms with Crippen LogP contribution in [0.2, 0.25) is 0 Å². The predicted octanol–water partition coefficient (Wildman–Crippen LogP) is 4.39. The molecular weight excluding hydrogens is 340 g/mol. The summed E-state index contributed by atoms with van der Waals surface area (Å²) in [6.07, 6.45) is 0.920. The van der Waals surface area contributed by atoms with Crippen LogP contribution in [0.5, 0.6) is 0 Å². The number of rotatable bonds is 5. The van der Waals surface area contributed by atoms with E-state index in [0.29, 0.717) is 23.1 Å². The molecule has 3 heterocycles. The van der Waals surface area contributed by atoms with E-state index in [-0.39, 0.29) is 6.42 Å². The number of aromatic nitrogens is 2. The highest BCUT2D eigenvalue weighted by molar-refractivity contribution is 7.13. The molecule has 0 unspecified atom stereocenters. The molecule has 1 aromatic carbocycles. The van der Waals surface area contributed by atoms with Crippen LogP contribution in [0.25, 0.3) is 21.9 Å². The third kappa shape index (κ3) is 3.32. The van der Waals surface area contributed by atoms with Crippen LogP contribution in [0.15, 0.2) is 56.9 Å². The Balaban J connectivity index is 1.41. The van der Waals surface area contributed by atoms with Gasteiger partial charge < -0.3 is 13.6 Å². The van der Waals surface area contributed by atoms with Crippen molar-refractivity contribution < 1.29 is 18.4 Å². The van der Waals surface area contributed by atoms with E-state index in [4.69, 9.17) is 13.6 Å². The molecule has 4 aromatic rings. The minimum Gasteiger partial charge on any atom is -0.452 e. The maximum Gasteiger partial charge on any atom is 0.312 e. The first-order chi connectivity index (χ1) is 12.2. The zero-order valence-corrected chi connectivity index (χ0v) is 14.2. The van der Waals surface area contributed by atoms with Gasteiger partial charge in [0.15, 0.2) is 11.7 Å². The standard InChI is InChI=1S/C18H14N2O4S/c1-11(17-20-13-5-2-3-6-14(13)24-17)23-16(21)9-12-10-22-18(19-12)15-7-4-8-25-15/h2-8,10-11H,9H2,1H3/t11-/m0/s1. The normalized spacial score (nSPS) is 12.4. The topological polar surface area (TPSA) is 78.4 Å². The Kier molecular flexibility index (Phi) is 4.07. The van der Waals surface area contributed by atoms with Crippen molar-refractivity contribution in [3.05, 3.63) is 59.6 Å². The zero-order valence-electron chi connectivity index (χ0n) is 13.3. The number of hydrogen-bond acceptors (Lipinski definition) is 7. The number of benzene rings is 1. The molecule has 0 amide bonds. The molecule has 7 heteroatoms. The van der Waals surface area contributed by atoms with Crippen LogP contribution in [-0.2, 0) is 16.0 Å². The summed E-state index contributed by atoms with van der Waals surface area (Å²) in [5.41, 5.74) is 1.92. The highest BCUT2D eigenvalue weighted by atomic mass is 32.1. The molecule has 0 saturated carbocycles. The fraction of sp³-hybridized carbons (Fsp3) is 0.167. The van der Waals surface area contributed by atoms with Crippen molar-refractivity contribution in [2.45, 2.75) is 19.4 Å². The Morgan fingerprint density at radius 1 is 1.24 bits per heavy atom.